The molecule has 0 aliphatic carbocycles. The van der Waals surface area contributed by atoms with Crippen molar-refractivity contribution in [1.82, 2.24) is 19.5 Å². The zero-order valence-electron chi connectivity index (χ0n) is 21.3. The number of hydrogen-bond acceptors (Lipinski definition) is 12. The van der Waals surface area contributed by atoms with Crippen LogP contribution in [-0.4, -0.2) is 79.9 Å². The standard InChI is InChI=1S/C18H25Cl2N4O7P.C3H8O2/c1-4-27-16(25)17(32(26,29-5-2)30-6-3)28-9-11-7-8-12(31-11)24-10-21-13-14(19)22-18(20)23-15(13)24;1-3(2,4)5/h10-12,17H,4-9H2,1-3H3;4-5H,1-2H3. The molecule has 1 fully saturated rings. The second-order valence-corrected chi connectivity index (χ2v) is 11.0. The van der Waals surface area contributed by atoms with Crippen LogP contribution in [0.2, 0.25) is 10.4 Å². The third-order valence-electron chi connectivity index (χ3n) is 4.58. The van der Waals surface area contributed by atoms with Gasteiger partial charge >= 0.3 is 13.6 Å². The third-order valence-corrected chi connectivity index (χ3v) is 7.18. The van der Waals surface area contributed by atoms with Crippen molar-refractivity contribution in [2.45, 2.75) is 71.4 Å². The molecule has 16 heteroatoms. The third kappa shape index (κ3) is 9.38. The molecule has 0 amide bonds. The number of rotatable bonds is 11. The normalized spacial score (nSPS) is 18.9. The van der Waals surface area contributed by atoms with Gasteiger partial charge in [0.15, 0.2) is 16.6 Å². The Morgan fingerprint density at radius 1 is 1.19 bits per heavy atom. The number of aliphatic hydroxyl groups is 2. The minimum absolute atomic E-state index is 0.00186. The van der Waals surface area contributed by atoms with Crippen LogP contribution < -0.4 is 0 Å². The molecule has 3 rings (SSSR count). The summed E-state index contributed by atoms with van der Waals surface area (Å²) in [5, 5.41) is 16.3. The summed E-state index contributed by atoms with van der Waals surface area (Å²) in [5.41, 5.74) is 0.860. The van der Waals surface area contributed by atoms with E-state index < -0.39 is 31.4 Å². The van der Waals surface area contributed by atoms with Crippen LogP contribution >= 0.6 is 30.8 Å². The topological polar surface area (TPSA) is 164 Å². The van der Waals surface area contributed by atoms with E-state index in [2.05, 4.69) is 15.0 Å². The SMILES string of the molecule is CC(C)(O)O.CCOC(=O)C(OCC1CCC(n2cnc3c(Cl)nc(Cl)nc32)O1)P(=O)(OCC)OCC. The summed E-state index contributed by atoms with van der Waals surface area (Å²) in [6.07, 6.45) is 1.99. The molecular weight excluding hydrogens is 554 g/mol. The number of aromatic nitrogens is 4. The highest BCUT2D eigenvalue weighted by Crippen LogP contribution is 2.54. The Morgan fingerprint density at radius 3 is 2.38 bits per heavy atom. The van der Waals surface area contributed by atoms with E-state index in [0.29, 0.717) is 24.0 Å². The summed E-state index contributed by atoms with van der Waals surface area (Å²) < 4.78 is 42.2. The Morgan fingerprint density at radius 2 is 1.81 bits per heavy atom. The molecule has 3 atom stereocenters. The highest BCUT2D eigenvalue weighted by molar-refractivity contribution is 7.55. The number of fused-ring (bicyclic) bond motifs is 1. The minimum atomic E-state index is -3.89. The molecule has 3 unspecified atom stereocenters. The van der Waals surface area contributed by atoms with Gasteiger partial charge in [-0.25, -0.2) is 14.8 Å². The lowest BCUT2D eigenvalue weighted by molar-refractivity contribution is -0.154. The van der Waals surface area contributed by atoms with Gasteiger partial charge in [-0.2, -0.15) is 4.98 Å². The lowest BCUT2D eigenvalue weighted by Gasteiger charge is -2.25. The molecule has 37 heavy (non-hydrogen) atoms. The van der Waals surface area contributed by atoms with Gasteiger partial charge < -0.3 is 33.5 Å². The molecule has 2 aromatic rings. The van der Waals surface area contributed by atoms with Gasteiger partial charge in [-0.05, 0) is 59.1 Å². The Balaban J connectivity index is 0.000000877. The number of halogens is 2. The maximum Gasteiger partial charge on any atom is 0.370 e. The first-order valence-electron chi connectivity index (χ1n) is 11.7. The Labute approximate surface area is 224 Å². The molecule has 1 saturated heterocycles. The minimum Gasteiger partial charge on any atom is -0.464 e. The number of esters is 1. The van der Waals surface area contributed by atoms with Crippen molar-refractivity contribution >= 4 is 47.9 Å². The maximum atomic E-state index is 13.1. The number of ether oxygens (including phenoxy) is 3. The zero-order valence-corrected chi connectivity index (χ0v) is 23.7. The Bertz CT molecular complexity index is 1070. The zero-order chi connectivity index (χ0) is 27.8. The van der Waals surface area contributed by atoms with Crippen LogP contribution in [0.3, 0.4) is 0 Å². The highest BCUT2D eigenvalue weighted by Gasteiger charge is 2.44. The van der Waals surface area contributed by atoms with Gasteiger partial charge in [0.25, 0.3) is 5.85 Å². The Kier molecular flexibility index (Phi) is 12.1. The number of carbonyl (C=O) groups excluding carboxylic acids is 1. The molecular formula is C21H33Cl2N4O9P. The fourth-order valence-electron chi connectivity index (χ4n) is 3.31. The van der Waals surface area contributed by atoms with Crippen LogP contribution in [0.5, 0.6) is 0 Å². The van der Waals surface area contributed by atoms with E-state index in [4.69, 9.17) is 56.7 Å². The van der Waals surface area contributed by atoms with E-state index in [1.807, 2.05) is 0 Å². The van der Waals surface area contributed by atoms with E-state index >= 15 is 0 Å². The number of imidazole rings is 1. The Hall–Kier alpha value is -1.41. The van der Waals surface area contributed by atoms with Crippen LogP contribution in [0.15, 0.2) is 6.33 Å². The van der Waals surface area contributed by atoms with Crippen LogP contribution in [-0.2, 0) is 32.6 Å². The first-order valence-corrected chi connectivity index (χ1v) is 14.0. The van der Waals surface area contributed by atoms with Gasteiger partial charge in [-0.1, -0.05) is 11.6 Å². The second kappa shape index (κ2) is 14.1. The maximum absolute atomic E-state index is 13.1. The molecule has 2 aromatic heterocycles. The molecule has 1 aliphatic rings. The molecule has 13 nitrogen and oxygen atoms in total. The van der Waals surface area contributed by atoms with Gasteiger partial charge in [-0.3, -0.25) is 9.13 Å². The number of nitrogens with zero attached hydrogens (tertiary/aromatic N) is 4. The van der Waals surface area contributed by atoms with Crippen molar-refractivity contribution in [2.75, 3.05) is 26.4 Å². The average molecular weight is 587 g/mol. The fourth-order valence-corrected chi connectivity index (χ4v) is 5.40. The quantitative estimate of drug-likeness (QED) is 0.129. The van der Waals surface area contributed by atoms with Gasteiger partial charge in [-0.15, -0.1) is 0 Å². The molecule has 1 aliphatic heterocycles. The summed E-state index contributed by atoms with van der Waals surface area (Å²) in [6.45, 7) is 7.78. The molecule has 0 saturated carbocycles. The molecule has 2 N–H and O–H groups in total. The van der Waals surface area contributed by atoms with Crippen molar-refractivity contribution in [3.8, 4) is 0 Å². The van der Waals surface area contributed by atoms with Crippen LogP contribution in [0.4, 0.5) is 0 Å². The van der Waals surface area contributed by atoms with Crippen molar-refractivity contribution in [2.24, 2.45) is 0 Å². The summed E-state index contributed by atoms with van der Waals surface area (Å²) in [5.74, 6) is -3.82. The lowest BCUT2D eigenvalue weighted by atomic mass is 10.2. The van der Waals surface area contributed by atoms with E-state index in [1.165, 1.54) is 13.8 Å². The lowest BCUT2D eigenvalue weighted by Crippen LogP contribution is -2.31. The van der Waals surface area contributed by atoms with Crippen molar-refractivity contribution in [1.29, 1.82) is 0 Å². The fraction of sp³-hybridized carbons (Fsp3) is 0.714. The first kappa shape index (κ1) is 31.8. The summed E-state index contributed by atoms with van der Waals surface area (Å²) >= 11 is 12.0. The van der Waals surface area contributed by atoms with Gasteiger partial charge in [0, 0.05) is 0 Å². The van der Waals surface area contributed by atoms with E-state index in [0.717, 1.165) is 0 Å². The number of carbonyl (C=O) groups is 1. The average Bonchev–Trinajstić information content (AvgIpc) is 3.40. The van der Waals surface area contributed by atoms with Gasteiger partial charge in [0.2, 0.25) is 5.28 Å². The van der Waals surface area contributed by atoms with Crippen molar-refractivity contribution < 1.29 is 42.8 Å². The first-order chi connectivity index (χ1) is 17.3. The molecule has 0 spiro atoms. The molecule has 0 bridgehead atoms. The number of hydrogen-bond donors (Lipinski definition) is 2. The molecule has 210 valence electrons. The summed E-state index contributed by atoms with van der Waals surface area (Å²) in [7, 11) is -3.89. The van der Waals surface area contributed by atoms with Gasteiger partial charge in [0.1, 0.15) is 11.7 Å². The summed E-state index contributed by atoms with van der Waals surface area (Å²) in [4.78, 5) is 24.7. The van der Waals surface area contributed by atoms with E-state index in [9.17, 15) is 9.36 Å². The molecule has 0 radical (unpaired) electrons. The highest BCUT2D eigenvalue weighted by atomic mass is 35.5. The molecule has 0 aromatic carbocycles. The largest absolute Gasteiger partial charge is 0.464 e. The molecule has 3 heterocycles. The summed E-state index contributed by atoms with van der Waals surface area (Å²) in [6, 6.07) is 0. The predicted molar refractivity (Wildman–Crippen MR) is 134 cm³/mol. The van der Waals surface area contributed by atoms with Gasteiger partial charge in [0.05, 0.1) is 38.9 Å². The second-order valence-electron chi connectivity index (χ2n) is 8.21. The smallest absolute Gasteiger partial charge is 0.370 e. The van der Waals surface area contributed by atoms with E-state index in [-0.39, 0.29) is 43.0 Å². The van der Waals surface area contributed by atoms with Crippen molar-refractivity contribution in [3.63, 3.8) is 0 Å². The monoisotopic (exact) mass is 586 g/mol. The van der Waals surface area contributed by atoms with Crippen LogP contribution in [0.1, 0.15) is 53.7 Å². The van der Waals surface area contributed by atoms with Crippen LogP contribution in [0.25, 0.3) is 11.2 Å². The van der Waals surface area contributed by atoms with Crippen LogP contribution in [0, 0.1) is 0 Å². The van der Waals surface area contributed by atoms with E-state index in [1.54, 1.807) is 31.7 Å². The van der Waals surface area contributed by atoms with Crippen molar-refractivity contribution in [3.05, 3.63) is 16.8 Å². The predicted octanol–water partition coefficient (Wildman–Crippen LogP) is 3.69.